The Hall–Kier alpha value is -1.81. The van der Waals surface area contributed by atoms with E-state index in [0.29, 0.717) is 11.0 Å². The molecule has 0 amide bonds. The van der Waals surface area contributed by atoms with Gasteiger partial charge in [-0.3, -0.25) is 0 Å². The lowest BCUT2D eigenvalue weighted by Gasteiger charge is -2.29. The van der Waals surface area contributed by atoms with E-state index < -0.39 is 0 Å². The van der Waals surface area contributed by atoms with Crippen molar-refractivity contribution in [3.8, 4) is 0 Å². The lowest BCUT2D eigenvalue weighted by Crippen LogP contribution is -2.37. The molecule has 5 heteroatoms. The van der Waals surface area contributed by atoms with Crippen LogP contribution in [0.15, 0.2) is 18.2 Å². The minimum absolute atomic E-state index is 0.291. The highest BCUT2D eigenvalue weighted by Crippen LogP contribution is 2.25. The van der Waals surface area contributed by atoms with E-state index in [1.54, 1.807) is 20.3 Å². The number of hydrogen-bond donors (Lipinski definition) is 0. The Kier molecular flexibility index (Phi) is 6.22. The van der Waals surface area contributed by atoms with E-state index in [1.165, 1.54) is 0 Å². The molecule has 1 aromatic rings. The molecule has 1 aliphatic rings. The first-order valence-electron chi connectivity index (χ1n) is 8.15. The van der Waals surface area contributed by atoms with Gasteiger partial charge >= 0.3 is 0 Å². The fraction of sp³-hybridized carbons (Fsp3) is 0.556. The summed E-state index contributed by atoms with van der Waals surface area (Å²) in [5.74, 6) is 2.69. The summed E-state index contributed by atoms with van der Waals surface area (Å²) in [4.78, 5) is 15.8. The highest BCUT2D eigenvalue weighted by atomic mass is 16.5. The summed E-state index contributed by atoms with van der Waals surface area (Å²) in [6.45, 7) is 8.35. The topological polar surface area (TPSA) is 42.0 Å². The maximum atomic E-state index is 11.3. The highest BCUT2D eigenvalue weighted by molar-refractivity contribution is 5.69. The molecule has 5 nitrogen and oxygen atoms in total. The third-order valence-corrected chi connectivity index (χ3v) is 4.43. The summed E-state index contributed by atoms with van der Waals surface area (Å²) >= 11 is 0. The molecule has 0 fully saturated rings. The number of anilines is 1. The van der Waals surface area contributed by atoms with E-state index in [4.69, 9.17) is 9.47 Å². The molecular formula is C18H26N2O3. The van der Waals surface area contributed by atoms with Gasteiger partial charge in [0, 0.05) is 13.7 Å². The number of nitrogens with zero attached hydrogens (tertiary/aromatic N) is 2. The van der Waals surface area contributed by atoms with E-state index in [2.05, 4.69) is 23.6 Å². The van der Waals surface area contributed by atoms with Gasteiger partial charge in [0.15, 0.2) is 12.0 Å². The molecule has 0 saturated heterocycles. The van der Waals surface area contributed by atoms with Crippen molar-refractivity contribution in [2.75, 3.05) is 45.3 Å². The molecule has 0 saturated carbocycles. The van der Waals surface area contributed by atoms with Gasteiger partial charge in [0.05, 0.1) is 23.2 Å². The zero-order valence-corrected chi connectivity index (χ0v) is 14.5. The fourth-order valence-corrected chi connectivity index (χ4v) is 3.19. The van der Waals surface area contributed by atoms with Crippen molar-refractivity contribution in [3.63, 3.8) is 0 Å². The predicted octanol–water partition coefficient (Wildman–Crippen LogP) is 0.469. The van der Waals surface area contributed by atoms with Crippen LogP contribution in [0.25, 0.3) is 5.76 Å². The van der Waals surface area contributed by atoms with Crippen LogP contribution in [0.1, 0.15) is 20.3 Å². The molecule has 0 N–H and O–H groups in total. The Morgan fingerprint density at radius 2 is 2.00 bits per heavy atom. The van der Waals surface area contributed by atoms with Crippen LogP contribution in [0.3, 0.4) is 0 Å². The van der Waals surface area contributed by atoms with Crippen molar-refractivity contribution >= 4 is 17.4 Å². The molecule has 0 bridgehead atoms. The fourth-order valence-electron chi connectivity index (χ4n) is 3.19. The smallest absolute Gasteiger partial charge is 0.189 e. The first-order chi connectivity index (χ1) is 11.2. The third-order valence-electron chi connectivity index (χ3n) is 4.43. The van der Waals surface area contributed by atoms with Crippen molar-refractivity contribution < 1.29 is 14.3 Å². The van der Waals surface area contributed by atoms with Crippen LogP contribution >= 0.6 is 0 Å². The Bertz CT molecular complexity index is 663. The molecule has 1 heterocycles. The van der Waals surface area contributed by atoms with Crippen LogP contribution in [0.2, 0.25) is 0 Å². The molecule has 1 aromatic carbocycles. The maximum absolute atomic E-state index is 11.3. The zero-order chi connectivity index (χ0) is 16.8. The Balaban J connectivity index is 2.29. The summed E-state index contributed by atoms with van der Waals surface area (Å²) in [5.41, 5.74) is 0.981. The van der Waals surface area contributed by atoms with Gasteiger partial charge in [-0.2, -0.15) is 0 Å². The van der Waals surface area contributed by atoms with Crippen molar-refractivity contribution in [2.24, 2.45) is 0 Å². The van der Waals surface area contributed by atoms with Crippen LogP contribution in [0.5, 0.6) is 0 Å². The highest BCUT2D eigenvalue weighted by Gasteiger charge is 2.32. The summed E-state index contributed by atoms with van der Waals surface area (Å²) in [6.07, 6.45) is 0.730. The van der Waals surface area contributed by atoms with Crippen LogP contribution < -0.4 is 15.3 Å². The molecule has 0 radical (unpaired) electrons. The Labute approximate surface area is 137 Å². The van der Waals surface area contributed by atoms with Gasteiger partial charge in [-0.15, -0.1) is 0 Å². The first-order valence-corrected chi connectivity index (χ1v) is 8.15. The number of fused-ring (bicyclic) bond motifs is 1. The minimum atomic E-state index is -0.291. The van der Waals surface area contributed by atoms with Gasteiger partial charge in [0.25, 0.3) is 0 Å². The molecule has 0 spiro atoms. The largest absolute Gasteiger partial charge is 0.496 e. The first kappa shape index (κ1) is 17.5. The number of methoxy groups -OCH3 is 2. The molecule has 1 atom stereocenters. The monoisotopic (exact) mass is 318 g/mol. The SMILES string of the molecule is CCN(CC)CCCN1c2cccc(=C=O)c2=C(OC)C1OC. The third kappa shape index (κ3) is 3.42. The standard InChI is InChI=1S/C18H26N2O3/c1-5-19(6-2)11-8-12-20-15-10-7-9-14(13-21)16(15)17(22-3)18(20)23-4/h7,9-10,18H,5-6,8,11-12H2,1-4H3. The number of rotatable bonds is 8. The number of carbonyl (C=O) groups excluding carboxylic acids is 1. The molecule has 0 aliphatic carbocycles. The van der Waals surface area contributed by atoms with Gasteiger partial charge in [-0.05, 0) is 38.2 Å². The van der Waals surface area contributed by atoms with Crippen LogP contribution in [0, 0.1) is 0 Å². The second kappa shape index (κ2) is 8.16. The normalized spacial score (nSPS) is 16.7. The molecule has 0 aromatic heterocycles. The molecule has 1 unspecified atom stereocenters. The zero-order valence-electron chi connectivity index (χ0n) is 14.5. The van der Waals surface area contributed by atoms with E-state index >= 15 is 0 Å². The molecule has 2 rings (SSSR count). The quantitative estimate of drug-likeness (QED) is 0.697. The van der Waals surface area contributed by atoms with Gasteiger partial charge in [-0.25, -0.2) is 4.79 Å². The predicted molar refractivity (Wildman–Crippen MR) is 91.5 cm³/mol. The van der Waals surface area contributed by atoms with Crippen LogP contribution in [0.4, 0.5) is 5.69 Å². The molecule has 1 aliphatic heterocycles. The minimum Gasteiger partial charge on any atom is -0.496 e. The second-order valence-electron chi connectivity index (χ2n) is 5.53. The number of hydrogen-bond acceptors (Lipinski definition) is 5. The van der Waals surface area contributed by atoms with Crippen molar-refractivity contribution in [3.05, 3.63) is 28.6 Å². The summed E-state index contributed by atoms with van der Waals surface area (Å²) in [6, 6.07) is 5.64. The van der Waals surface area contributed by atoms with Crippen molar-refractivity contribution in [1.29, 1.82) is 0 Å². The Morgan fingerprint density at radius 1 is 1.26 bits per heavy atom. The second-order valence-corrected chi connectivity index (χ2v) is 5.53. The summed E-state index contributed by atoms with van der Waals surface area (Å²) < 4.78 is 11.2. The molecule has 126 valence electrons. The summed E-state index contributed by atoms with van der Waals surface area (Å²) in [7, 11) is 3.28. The average Bonchev–Trinajstić information content (AvgIpc) is 2.91. The van der Waals surface area contributed by atoms with E-state index in [-0.39, 0.29) is 6.23 Å². The van der Waals surface area contributed by atoms with Gasteiger partial charge in [0.2, 0.25) is 0 Å². The molecular weight excluding hydrogens is 292 g/mol. The van der Waals surface area contributed by atoms with Gasteiger partial charge < -0.3 is 19.3 Å². The Morgan fingerprint density at radius 3 is 2.57 bits per heavy atom. The van der Waals surface area contributed by atoms with E-state index in [0.717, 1.165) is 43.5 Å². The van der Waals surface area contributed by atoms with Gasteiger partial charge in [-0.1, -0.05) is 19.9 Å². The van der Waals surface area contributed by atoms with Crippen LogP contribution in [-0.2, 0) is 14.3 Å². The summed E-state index contributed by atoms with van der Waals surface area (Å²) in [5, 5.41) is 1.33. The number of benzene rings is 1. The van der Waals surface area contributed by atoms with E-state index in [1.807, 2.05) is 18.1 Å². The lowest BCUT2D eigenvalue weighted by molar-refractivity contribution is 0.115. The van der Waals surface area contributed by atoms with Crippen LogP contribution in [-0.4, -0.2) is 57.5 Å². The number of ether oxygens (including phenoxy) is 2. The average molecular weight is 318 g/mol. The van der Waals surface area contributed by atoms with Crippen molar-refractivity contribution in [2.45, 2.75) is 26.5 Å². The van der Waals surface area contributed by atoms with E-state index in [9.17, 15) is 4.79 Å². The maximum Gasteiger partial charge on any atom is 0.189 e. The van der Waals surface area contributed by atoms with Crippen molar-refractivity contribution in [1.82, 2.24) is 4.90 Å². The van der Waals surface area contributed by atoms with Gasteiger partial charge in [0.1, 0.15) is 5.94 Å². The molecule has 23 heavy (non-hydrogen) atoms. The lowest BCUT2D eigenvalue weighted by atomic mass is 10.2.